The third kappa shape index (κ3) is 4.03. The smallest absolute Gasteiger partial charge is 0.250 e. The van der Waals surface area contributed by atoms with Crippen LogP contribution < -0.4 is 16.4 Å². The zero-order valence-corrected chi connectivity index (χ0v) is 10.2. The molecule has 0 saturated heterocycles. The topological polar surface area (TPSA) is 85.2 Å². The summed E-state index contributed by atoms with van der Waals surface area (Å²) in [7, 11) is 0. The van der Waals surface area contributed by atoms with Gasteiger partial charge in [0.05, 0.1) is 5.56 Å². The molecule has 1 heterocycles. The molecule has 0 aromatic carbocycles. The first-order valence-corrected chi connectivity index (χ1v) is 5.90. The number of rotatable bonds is 7. The van der Waals surface area contributed by atoms with Crippen molar-refractivity contribution in [2.45, 2.75) is 19.8 Å². The van der Waals surface area contributed by atoms with Gasteiger partial charge in [0, 0.05) is 19.3 Å². The summed E-state index contributed by atoms with van der Waals surface area (Å²) in [4.78, 5) is 17.4. The van der Waals surface area contributed by atoms with Crippen molar-refractivity contribution in [3.8, 4) is 0 Å². The fourth-order valence-corrected chi connectivity index (χ4v) is 1.61. The maximum atomic E-state index is 10.9. The third-order valence-corrected chi connectivity index (χ3v) is 2.48. The zero-order valence-electron chi connectivity index (χ0n) is 10.2. The summed E-state index contributed by atoms with van der Waals surface area (Å²) in [5.41, 5.74) is 11.1. The van der Waals surface area contributed by atoms with Crippen LogP contribution in [0.3, 0.4) is 0 Å². The maximum Gasteiger partial charge on any atom is 0.250 e. The molecule has 0 spiro atoms. The summed E-state index contributed by atoms with van der Waals surface area (Å²) in [5.74, 6) is 0.415. The second-order valence-corrected chi connectivity index (χ2v) is 3.90. The highest BCUT2D eigenvalue weighted by Crippen LogP contribution is 2.12. The van der Waals surface area contributed by atoms with Gasteiger partial charge >= 0.3 is 0 Å². The molecular formula is C12H20N4O. The van der Waals surface area contributed by atoms with Gasteiger partial charge in [0.15, 0.2) is 0 Å². The van der Waals surface area contributed by atoms with Crippen molar-refractivity contribution in [2.75, 3.05) is 24.5 Å². The molecule has 0 saturated carbocycles. The largest absolute Gasteiger partial charge is 0.366 e. The molecule has 1 aromatic rings. The van der Waals surface area contributed by atoms with Crippen molar-refractivity contribution in [3.05, 3.63) is 23.9 Å². The predicted molar refractivity (Wildman–Crippen MR) is 68.9 cm³/mol. The molecular weight excluding hydrogens is 216 g/mol. The normalized spacial score (nSPS) is 10.2. The Balaban J connectivity index is 2.75. The first-order valence-electron chi connectivity index (χ1n) is 5.90. The highest BCUT2D eigenvalue weighted by atomic mass is 16.1. The Bertz CT molecular complexity index is 350. The summed E-state index contributed by atoms with van der Waals surface area (Å²) >= 11 is 0. The molecule has 0 aliphatic rings. The Labute approximate surface area is 102 Å². The van der Waals surface area contributed by atoms with Crippen LogP contribution in [0.1, 0.15) is 30.1 Å². The first-order chi connectivity index (χ1) is 8.19. The number of anilines is 1. The van der Waals surface area contributed by atoms with Gasteiger partial charge in [-0.1, -0.05) is 6.92 Å². The highest BCUT2D eigenvalue weighted by Gasteiger charge is 2.07. The summed E-state index contributed by atoms with van der Waals surface area (Å²) in [6.45, 7) is 4.60. The quantitative estimate of drug-likeness (QED) is 0.731. The molecule has 0 aliphatic carbocycles. The Hall–Kier alpha value is -1.62. The number of carbonyl (C=O) groups is 1. The minimum absolute atomic E-state index is 0.434. The highest BCUT2D eigenvalue weighted by molar-refractivity contribution is 5.92. The standard InChI is InChI=1S/C12H20N4O/c1-2-7-16(8-3-6-13)11-5-4-10(9-15-11)12(14)17/h4-5,9H,2-3,6-8,13H2,1H3,(H2,14,17). The van der Waals surface area contributed by atoms with Crippen LogP contribution in [0.15, 0.2) is 18.3 Å². The van der Waals surface area contributed by atoms with E-state index in [1.54, 1.807) is 6.07 Å². The van der Waals surface area contributed by atoms with Gasteiger partial charge in [-0.15, -0.1) is 0 Å². The van der Waals surface area contributed by atoms with E-state index in [0.717, 1.165) is 31.7 Å². The van der Waals surface area contributed by atoms with E-state index in [4.69, 9.17) is 11.5 Å². The van der Waals surface area contributed by atoms with Crippen LogP contribution in [0.25, 0.3) is 0 Å². The number of carbonyl (C=O) groups excluding carboxylic acids is 1. The molecule has 5 heteroatoms. The second kappa shape index (κ2) is 6.85. The summed E-state index contributed by atoms with van der Waals surface area (Å²) in [5, 5.41) is 0. The van der Waals surface area contributed by atoms with Gasteiger partial charge in [0.2, 0.25) is 5.91 Å². The lowest BCUT2D eigenvalue weighted by molar-refractivity contribution is 0.1000. The lowest BCUT2D eigenvalue weighted by Gasteiger charge is -2.22. The molecule has 0 aliphatic heterocycles. The summed E-state index contributed by atoms with van der Waals surface area (Å²) in [6, 6.07) is 3.53. The number of hydrogen-bond acceptors (Lipinski definition) is 4. The number of nitrogens with two attached hydrogens (primary N) is 2. The van der Waals surface area contributed by atoms with E-state index in [1.165, 1.54) is 6.20 Å². The Morgan fingerprint density at radius 2 is 2.18 bits per heavy atom. The molecule has 1 amide bonds. The fraction of sp³-hybridized carbons (Fsp3) is 0.500. The number of hydrogen-bond donors (Lipinski definition) is 2. The van der Waals surface area contributed by atoms with Crippen molar-refractivity contribution in [2.24, 2.45) is 11.5 Å². The monoisotopic (exact) mass is 236 g/mol. The molecule has 0 fully saturated rings. The number of primary amides is 1. The average Bonchev–Trinajstić information content (AvgIpc) is 2.34. The van der Waals surface area contributed by atoms with Gasteiger partial charge < -0.3 is 16.4 Å². The average molecular weight is 236 g/mol. The molecule has 4 N–H and O–H groups in total. The van der Waals surface area contributed by atoms with Gasteiger partial charge in [-0.25, -0.2) is 4.98 Å². The fourth-order valence-electron chi connectivity index (χ4n) is 1.61. The lowest BCUT2D eigenvalue weighted by atomic mass is 10.2. The number of pyridine rings is 1. The number of nitrogens with zero attached hydrogens (tertiary/aromatic N) is 2. The van der Waals surface area contributed by atoms with Crippen LogP contribution in [0.2, 0.25) is 0 Å². The Morgan fingerprint density at radius 1 is 1.41 bits per heavy atom. The zero-order chi connectivity index (χ0) is 12.7. The van der Waals surface area contributed by atoms with Crippen LogP contribution in [-0.4, -0.2) is 30.5 Å². The van der Waals surface area contributed by atoms with Crippen LogP contribution in [0, 0.1) is 0 Å². The van der Waals surface area contributed by atoms with Crippen LogP contribution >= 0.6 is 0 Å². The van der Waals surface area contributed by atoms with E-state index in [0.29, 0.717) is 12.1 Å². The summed E-state index contributed by atoms with van der Waals surface area (Å²) in [6.07, 6.45) is 3.49. The minimum atomic E-state index is -0.451. The van der Waals surface area contributed by atoms with E-state index >= 15 is 0 Å². The van der Waals surface area contributed by atoms with Gasteiger partial charge in [-0.2, -0.15) is 0 Å². The van der Waals surface area contributed by atoms with E-state index in [2.05, 4.69) is 16.8 Å². The van der Waals surface area contributed by atoms with Crippen molar-refractivity contribution in [1.29, 1.82) is 0 Å². The molecule has 0 unspecified atom stereocenters. The molecule has 1 aromatic heterocycles. The van der Waals surface area contributed by atoms with E-state index in [-0.39, 0.29) is 0 Å². The van der Waals surface area contributed by atoms with Crippen molar-refractivity contribution >= 4 is 11.7 Å². The van der Waals surface area contributed by atoms with E-state index < -0.39 is 5.91 Å². The minimum Gasteiger partial charge on any atom is -0.366 e. The van der Waals surface area contributed by atoms with Crippen LogP contribution in [0.4, 0.5) is 5.82 Å². The predicted octanol–water partition coefficient (Wildman–Crippen LogP) is 0.746. The van der Waals surface area contributed by atoms with Crippen LogP contribution in [-0.2, 0) is 0 Å². The third-order valence-electron chi connectivity index (χ3n) is 2.48. The molecule has 0 atom stereocenters. The molecule has 5 nitrogen and oxygen atoms in total. The van der Waals surface area contributed by atoms with E-state index in [9.17, 15) is 4.79 Å². The molecule has 0 radical (unpaired) electrons. The number of amides is 1. The van der Waals surface area contributed by atoms with Gasteiger partial charge in [-0.3, -0.25) is 4.79 Å². The summed E-state index contributed by atoms with van der Waals surface area (Å²) < 4.78 is 0. The maximum absolute atomic E-state index is 10.9. The Morgan fingerprint density at radius 3 is 2.65 bits per heavy atom. The molecule has 0 bridgehead atoms. The molecule has 17 heavy (non-hydrogen) atoms. The van der Waals surface area contributed by atoms with Crippen molar-refractivity contribution in [1.82, 2.24) is 4.98 Å². The SMILES string of the molecule is CCCN(CCCN)c1ccc(C(N)=O)cn1. The molecule has 1 rings (SSSR count). The van der Waals surface area contributed by atoms with Gasteiger partial charge in [0.1, 0.15) is 5.82 Å². The second-order valence-electron chi connectivity index (χ2n) is 3.90. The molecule has 94 valence electrons. The first kappa shape index (κ1) is 13.4. The van der Waals surface area contributed by atoms with Crippen molar-refractivity contribution in [3.63, 3.8) is 0 Å². The van der Waals surface area contributed by atoms with Crippen LogP contribution in [0.5, 0.6) is 0 Å². The Kier molecular flexibility index (Phi) is 5.42. The van der Waals surface area contributed by atoms with E-state index in [1.807, 2.05) is 6.07 Å². The van der Waals surface area contributed by atoms with Gasteiger partial charge in [0.25, 0.3) is 0 Å². The lowest BCUT2D eigenvalue weighted by Crippen LogP contribution is -2.27. The number of aromatic nitrogens is 1. The van der Waals surface area contributed by atoms with Gasteiger partial charge in [-0.05, 0) is 31.5 Å². The van der Waals surface area contributed by atoms with Crippen molar-refractivity contribution < 1.29 is 4.79 Å².